The van der Waals surface area contributed by atoms with Gasteiger partial charge in [0.05, 0.1) is 22.6 Å². The lowest BCUT2D eigenvalue weighted by Gasteiger charge is -2.15. The van der Waals surface area contributed by atoms with Gasteiger partial charge < -0.3 is 15.2 Å². The van der Waals surface area contributed by atoms with Crippen LogP contribution in [0.25, 0.3) is 50.2 Å². The van der Waals surface area contributed by atoms with Crippen molar-refractivity contribution < 1.29 is 4.39 Å². The van der Waals surface area contributed by atoms with Crippen molar-refractivity contribution in [1.82, 2.24) is 34.9 Å². The molecule has 1 aromatic carbocycles. The quantitative estimate of drug-likeness (QED) is 0.145. The number of benzene rings is 1. The van der Waals surface area contributed by atoms with Crippen molar-refractivity contribution >= 4 is 33.2 Å². The van der Waals surface area contributed by atoms with Crippen LogP contribution in [0.3, 0.4) is 0 Å². The summed E-state index contributed by atoms with van der Waals surface area (Å²) in [6, 6.07) is 13.0. The Morgan fingerprint density at radius 3 is 2.70 bits per heavy atom. The summed E-state index contributed by atoms with van der Waals surface area (Å²) < 4.78 is 14.7. The molecule has 1 saturated heterocycles. The minimum absolute atomic E-state index is 0.312. The third-order valence-corrected chi connectivity index (χ3v) is 8.09. The standard InChI is InChI=1S/C35H39FN8/c1-5-23(22-44-14-7-8-15-44)17-24(6-2)29-9-10-31-34(40-29)35(42-41-31)32-21-28-30(39-32)11-12-38-33(28)25-18-26(36)20-27(19-25)37-13-16-43(3)4/h5-6,9-12,17-21,37,39H,1,7-8,13-16,22H2,2-4H3,(H,41,42)/b23-17+,24-6+. The SMILES string of the molecule is C=C/C(=C\C(=C/C)c1ccc2[nH]nc(-c3cc4c(-c5cc(F)cc(NCCN(C)C)c5)nccc4[nH]3)c2n1)CN1CCCC1. The molecule has 5 aromatic rings. The molecule has 1 aliphatic rings. The van der Waals surface area contributed by atoms with Crippen LogP contribution >= 0.6 is 0 Å². The number of H-pyrrole nitrogens is 2. The molecule has 0 spiro atoms. The number of aromatic amines is 2. The van der Waals surface area contributed by atoms with Gasteiger partial charge in [-0.3, -0.25) is 15.0 Å². The summed E-state index contributed by atoms with van der Waals surface area (Å²) in [6.45, 7) is 10.8. The molecule has 0 atom stereocenters. The summed E-state index contributed by atoms with van der Waals surface area (Å²) in [4.78, 5) is 17.8. The Kier molecular flexibility index (Phi) is 8.67. The van der Waals surface area contributed by atoms with E-state index in [0.717, 1.165) is 76.5 Å². The molecule has 4 aromatic heterocycles. The maximum absolute atomic E-state index is 14.7. The Morgan fingerprint density at radius 1 is 1.09 bits per heavy atom. The average molecular weight is 591 g/mol. The highest BCUT2D eigenvalue weighted by Crippen LogP contribution is 2.34. The van der Waals surface area contributed by atoms with Crippen LogP contribution in [0.2, 0.25) is 0 Å². The van der Waals surface area contributed by atoms with Gasteiger partial charge in [-0.1, -0.05) is 18.7 Å². The number of nitrogens with one attached hydrogen (secondary N) is 3. The predicted molar refractivity (Wildman–Crippen MR) is 179 cm³/mol. The van der Waals surface area contributed by atoms with E-state index in [1.54, 1.807) is 6.20 Å². The fourth-order valence-corrected chi connectivity index (χ4v) is 5.78. The average Bonchev–Trinajstić information content (AvgIpc) is 3.78. The number of halogens is 1. The molecule has 0 bridgehead atoms. The van der Waals surface area contributed by atoms with E-state index in [4.69, 9.17) is 4.98 Å². The van der Waals surface area contributed by atoms with E-state index >= 15 is 0 Å². The van der Waals surface area contributed by atoms with E-state index in [9.17, 15) is 4.39 Å². The van der Waals surface area contributed by atoms with Crippen LogP contribution in [0.5, 0.6) is 0 Å². The van der Waals surface area contributed by atoms with Crippen molar-refractivity contribution in [1.29, 1.82) is 0 Å². The minimum Gasteiger partial charge on any atom is -0.384 e. The molecule has 9 heteroatoms. The van der Waals surface area contributed by atoms with Crippen LogP contribution in [-0.2, 0) is 0 Å². The number of allylic oxidation sites excluding steroid dienone is 3. The molecule has 5 heterocycles. The van der Waals surface area contributed by atoms with Crippen LogP contribution in [0.1, 0.15) is 25.5 Å². The van der Waals surface area contributed by atoms with Crippen molar-refractivity contribution in [2.45, 2.75) is 19.8 Å². The number of aromatic nitrogens is 5. The number of likely N-dealkylation sites (tertiary alicyclic amines) is 1. The van der Waals surface area contributed by atoms with Crippen molar-refractivity contribution in [2.75, 3.05) is 52.1 Å². The summed E-state index contributed by atoms with van der Waals surface area (Å²) in [5.74, 6) is -0.312. The molecule has 0 saturated carbocycles. The second-order valence-corrected chi connectivity index (χ2v) is 11.6. The van der Waals surface area contributed by atoms with Crippen LogP contribution in [0.15, 0.2) is 79.0 Å². The molecule has 3 N–H and O–H groups in total. The molecule has 0 amide bonds. The van der Waals surface area contributed by atoms with E-state index in [1.807, 2.05) is 57.4 Å². The lowest BCUT2D eigenvalue weighted by molar-refractivity contribution is 0.371. The summed E-state index contributed by atoms with van der Waals surface area (Å²) in [7, 11) is 4.02. The molecular formula is C35H39FN8. The summed E-state index contributed by atoms with van der Waals surface area (Å²) >= 11 is 0. The molecule has 8 nitrogen and oxygen atoms in total. The monoisotopic (exact) mass is 590 g/mol. The Balaban J connectivity index is 1.34. The number of hydrogen-bond acceptors (Lipinski definition) is 6. The lowest BCUT2D eigenvalue weighted by Crippen LogP contribution is -2.21. The Labute approximate surface area is 257 Å². The van der Waals surface area contributed by atoms with Crippen LogP contribution in [0.4, 0.5) is 10.1 Å². The van der Waals surface area contributed by atoms with E-state index < -0.39 is 0 Å². The number of likely N-dealkylation sites (N-methyl/N-ethyl adjacent to an activating group) is 1. The number of fused-ring (bicyclic) bond motifs is 2. The van der Waals surface area contributed by atoms with Gasteiger partial charge in [-0.2, -0.15) is 5.10 Å². The van der Waals surface area contributed by atoms with Gasteiger partial charge in [0.2, 0.25) is 0 Å². The molecular weight excluding hydrogens is 551 g/mol. The first-order valence-electron chi connectivity index (χ1n) is 15.2. The van der Waals surface area contributed by atoms with Crippen molar-refractivity contribution in [3.05, 3.63) is 90.6 Å². The van der Waals surface area contributed by atoms with Crippen LogP contribution in [0, 0.1) is 5.82 Å². The van der Waals surface area contributed by atoms with E-state index in [0.29, 0.717) is 17.8 Å². The molecule has 0 unspecified atom stereocenters. The number of nitrogens with zero attached hydrogens (tertiary/aromatic N) is 5. The van der Waals surface area contributed by atoms with Crippen molar-refractivity contribution in [2.24, 2.45) is 0 Å². The fraction of sp³-hybridized carbons (Fsp3) is 0.286. The lowest BCUT2D eigenvalue weighted by atomic mass is 10.1. The number of anilines is 1. The molecule has 44 heavy (non-hydrogen) atoms. The van der Waals surface area contributed by atoms with Gasteiger partial charge in [0.15, 0.2) is 0 Å². The highest BCUT2D eigenvalue weighted by molar-refractivity contribution is 5.99. The molecule has 0 radical (unpaired) electrons. The Bertz CT molecular complexity index is 1860. The third kappa shape index (κ3) is 6.34. The van der Waals surface area contributed by atoms with Gasteiger partial charge in [0, 0.05) is 48.0 Å². The third-order valence-electron chi connectivity index (χ3n) is 8.09. The summed E-state index contributed by atoms with van der Waals surface area (Å²) in [5.41, 5.74) is 9.25. The maximum atomic E-state index is 14.7. The molecule has 0 aliphatic carbocycles. The first-order chi connectivity index (χ1) is 21.4. The maximum Gasteiger partial charge on any atom is 0.135 e. The number of hydrogen-bond donors (Lipinski definition) is 3. The number of pyridine rings is 2. The Hall–Kier alpha value is -4.60. The van der Waals surface area contributed by atoms with Gasteiger partial charge in [-0.25, -0.2) is 9.37 Å². The molecule has 1 aliphatic heterocycles. The zero-order valence-corrected chi connectivity index (χ0v) is 25.6. The van der Waals surface area contributed by atoms with E-state index in [-0.39, 0.29) is 5.82 Å². The second-order valence-electron chi connectivity index (χ2n) is 11.6. The van der Waals surface area contributed by atoms with Gasteiger partial charge in [0.1, 0.15) is 17.0 Å². The van der Waals surface area contributed by atoms with E-state index in [2.05, 4.69) is 54.0 Å². The van der Waals surface area contributed by atoms with E-state index in [1.165, 1.54) is 30.5 Å². The number of rotatable bonds is 11. The highest BCUT2D eigenvalue weighted by Gasteiger charge is 2.17. The minimum atomic E-state index is -0.312. The zero-order chi connectivity index (χ0) is 30.6. The molecule has 6 rings (SSSR count). The Morgan fingerprint density at radius 2 is 1.93 bits per heavy atom. The van der Waals surface area contributed by atoms with Crippen molar-refractivity contribution in [3.63, 3.8) is 0 Å². The predicted octanol–water partition coefficient (Wildman–Crippen LogP) is 6.89. The summed E-state index contributed by atoms with van der Waals surface area (Å²) in [6.07, 6.45) is 10.5. The second kappa shape index (κ2) is 13.0. The topological polar surface area (TPSA) is 88.8 Å². The highest BCUT2D eigenvalue weighted by atomic mass is 19.1. The van der Waals surface area contributed by atoms with Crippen molar-refractivity contribution in [3.8, 4) is 22.6 Å². The first-order valence-corrected chi connectivity index (χ1v) is 15.2. The first kappa shape index (κ1) is 29.5. The van der Waals surface area contributed by atoms with Gasteiger partial charge in [-0.05, 0) is 107 Å². The van der Waals surface area contributed by atoms with Gasteiger partial charge >= 0.3 is 0 Å². The molecule has 226 valence electrons. The largest absolute Gasteiger partial charge is 0.384 e. The molecule has 1 fully saturated rings. The van der Waals surface area contributed by atoms with Crippen LogP contribution < -0.4 is 5.32 Å². The fourth-order valence-electron chi connectivity index (χ4n) is 5.78. The zero-order valence-electron chi connectivity index (χ0n) is 25.6. The van der Waals surface area contributed by atoms with Gasteiger partial charge in [-0.15, -0.1) is 0 Å². The van der Waals surface area contributed by atoms with Crippen LogP contribution in [-0.4, -0.2) is 81.8 Å². The van der Waals surface area contributed by atoms with Gasteiger partial charge in [0.25, 0.3) is 0 Å². The summed E-state index contributed by atoms with van der Waals surface area (Å²) in [5, 5.41) is 12.0. The smallest absolute Gasteiger partial charge is 0.135 e. The normalized spacial score (nSPS) is 14.8.